The van der Waals surface area contributed by atoms with Crippen molar-refractivity contribution in [3.63, 3.8) is 0 Å². The highest BCUT2D eigenvalue weighted by Crippen LogP contribution is 2.28. The highest BCUT2D eigenvalue weighted by molar-refractivity contribution is 5.92. The molecule has 0 spiro atoms. The van der Waals surface area contributed by atoms with Crippen LogP contribution in [0.1, 0.15) is 44.6 Å². The molecular weight excluding hydrogens is 220 g/mol. The van der Waals surface area contributed by atoms with Crippen molar-refractivity contribution in [1.82, 2.24) is 5.32 Å². The van der Waals surface area contributed by atoms with Gasteiger partial charge in [0.2, 0.25) is 0 Å². The Hall–Kier alpha value is -1.31. The van der Waals surface area contributed by atoms with Gasteiger partial charge in [0.25, 0.3) is 0 Å². The Morgan fingerprint density at radius 2 is 1.94 bits per heavy atom. The molecule has 1 aliphatic heterocycles. The van der Waals surface area contributed by atoms with Gasteiger partial charge >= 0.3 is 0 Å². The molecule has 0 atom stereocenters. The predicted octanol–water partition coefficient (Wildman–Crippen LogP) is 3.83. The van der Waals surface area contributed by atoms with Crippen molar-refractivity contribution in [2.24, 2.45) is 10.9 Å². The summed E-state index contributed by atoms with van der Waals surface area (Å²) in [4.78, 5) is 4.69. The van der Waals surface area contributed by atoms with E-state index in [1.165, 1.54) is 43.5 Å². The number of nitrogens with zero attached hydrogens (tertiary/aromatic N) is 1. The molecule has 1 aromatic rings. The maximum Gasteiger partial charge on any atom is 0.107 e. The van der Waals surface area contributed by atoms with Gasteiger partial charge in [-0.05, 0) is 43.2 Å². The second-order valence-corrected chi connectivity index (χ2v) is 5.63. The number of amidine groups is 1. The molecule has 1 aromatic carbocycles. The van der Waals surface area contributed by atoms with Gasteiger partial charge in [0, 0.05) is 12.5 Å². The van der Waals surface area contributed by atoms with Gasteiger partial charge in [-0.1, -0.05) is 31.5 Å². The van der Waals surface area contributed by atoms with Crippen LogP contribution in [0.25, 0.3) is 0 Å². The molecule has 0 unspecified atom stereocenters. The lowest BCUT2D eigenvalue weighted by Crippen LogP contribution is -2.37. The van der Waals surface area contributed by atoms with Crippen molar-refractivity contribution < 1.29 is 0 Å². The van der Waals surface area contributed by atoms with Crippen LogP contribution in [0.2, 0.25) is 0 Å². The molecule has 96 valence electrons. The normalized spacial score (nSPS) is 26.6. The minimum Gasteiger partial charge on any atom is -0.370 e. The number of fused-ring (bicyclic) bond motifs is 1. The number of hydrogen-bond acceptors (Lipinski definition) is 2. The Morgan fingerprint density at radius 3 is 2.67 bits per heavy atom. The van der Waals surface area contributed by atoms with Gasteiger partial charge in [0.15, 0.2) is 0 Å². The molecule has 0 aromatic heterocycles. The quantitative estimate of drug-likeness (QED) is 0.837. The van der Waals surface area contributed by atoms with Crippen molar-refractivity contribution in [1.29, 1.82) is 0 Å². The molecule has 0 saturated heterocycles. The molecule has 1 saturated carbocycles. The molecule has 2 nitrogen and oxygen atoms in total. The van der Waals surface area contributed by atoms with E-state index in [0.717, 1.165) is 18.0 Å². The second-order valence-electron chi connectivity index (χ2n) is 5.63. The van der Waals surface area contributed by atoms with E-state index in [0.29, 0.717) is 6.04 Å². The third kappa shape index (κ3) is 2.43. The van der Waals surface area contributed by atoms with Crippen molar-refractivity contribution in [2.75, 3.05) is 0 Å². The standard InChI is InChI=1S/C16H22N2/c1-2-12-7-9-14(10-8-12)17-16-11-13-5-3-4-6-15(13)18-16/h3-6,12,14H,2,7-11H2,1H3,(H,17,18)/t12-,14-. The van der Waals surface area contributed by atoms with Crippen LogP contribution in [0, 0.1) is 5.92 Å². The highest BCUT2D eigenvalue weighted by Gasteiger charge is 2.22. The smallest absolute Gasteiger partial charge is 0.107 e. The number of hydrogen-bond donors (Lipinski definition) is 1. The minimum atomic E-state index is 0.654. The molecule has 0 amide bonds. The van der Waals surface area contributed by atoms with Crippen LogP contribution in [-0.2, 0) is 6.42 Å². The van der Waals surface area contributed by atoms with Crippen molar-refractivity contribution in [3.05, 3.63) is 29.8 Å². The summed E-state index contributed by atoms with van der Waals surface area (Å²) >= 11 is 0. The molecule has 0 bridgehead atoms. The highest BCUT2D eigenvalue weighted by atomic mass is 15.0. The topological polar surface area (TPSA) is 24.4 Å². The summed E-state index contributed by atoms with van der Waals surface area (Å²) in [5, 5.41) is 3.66. The van der Waals surface area contributed by atoms with Crippen LogP contribution in [0.15, 0.2) is 29.3 Å². The Balaban J connectivity index is 1.57. The van der Waals surface area contributed by atoms with E-state index >= 15 is 0 Å². The van der Waals surface area contributed by atoms with Crippen LogP contribution in [0.3, 0.4) is 0 Å². The summed E-state index contributed by atoms with van der Waals surface area (Å²) in [6.45, 7) is 2.32. The van der Waals surface area contributed by atoms with E-state index in [-0.39, 0.29) is 0 Å². The lowest BCUT2D eigenvalue weighted by molar-refractivity contribution is 0.305. The first-order valence-corrected chi connectivity index (χ1v) is 7.27. The molecular formula is C16H22N2. The first-order valence-electron chi connectivity index (χ1n) is 7.27. The Bertz CT molecular complexity index is 442. The average Bonchev–Trinajstić information content (AvgIpc) is 2.82. The van der Waals surface area contributed by atoms with Crippen LogP contribution in [0.5, 0.6) is 0 Å². The van der Waals surface area contributed by atoms with Crippen LogP contribution in [-0.4, -0.2) is 11.9 Å². The van der Waals surface area contributed by atoms with Gasteiger partial charge in [-0.15, -0.1) is 0 Å². The molecule has 18 heavy (non-hydrogen) atoms. The van der Waals surface area contributed by atoms with Gasteiger partial charge in [0.1, 0.15) is 5.84 Å². The SMILES string of the molecule is CC[C@H]1CC[C@H](NC2=Nc3ccccc3C2)CC1. The van der Waals surface area contributed by atoms with Crippen molar-refractivity contribution >= 4 is 11.5 Å². The van der Waals surface area contributed by atoms with E-state index in [1.54, 1.807) is 0 Å². The van der Waals surface area contributed by atoms with Gasteiger partial charge in [-0.2, -0.15) is 0 Å². The largest absolute Gasteiger partial charge is 0.370 e. The van der Waals surface area contributed by atoms with Crippen LogP contribution in [0.4, 0.5) is 5.69 Å². The summed E-state index contributed by atoms with van der Waals surface area (Å²) in [6.07, 6.45) is 7.73. The predicted molar refractivity (Wildman–Crippen MR) is 76.4 cm³/mol. The van der Waals surface area contributed by atoms with Crippen molar-refractivity contribution in [3.8, 4) is 0 Å². The molecule has 1 aliphatic carbocycles. The lowest BCUT2D eigenvalue weighted by Gasteiger charge is -2.29. The maximum atomic E-state index is 4.69. The maximum absolute atomic E-state index is 4.69. The van der Waals surface area contributed by atoms with Crippen LogP contribution >= 0.6 is 0 Å². The molecule has 2 aliphatic rings. The van der Waals surface area contributed by atoms with Gasteiger partial charge in [-0.25, -0.2) is 4.99 Å². The minimum absolute atomic E-state index is 0.654. The number of para-hydroxylation sites is 1. The summed E-state index contributed by atoms with van der Waals surface area (Å²) < 4.78 is 0. The number of rotatable bonds is 2. The van der Waals surface area contributed by atoms with E-state index in [4.69, 9.17) is 4.99 Å². The fourth-order valence-electron chi connectivity index (χ4n) is 3.17. The second kappa shape index (κ2) is 5.13. The third-order valence-electron chi connectivity index (χ3n) is 4.40. The Kier molecular flexibility index (Phi) is 3.35. The van der Waals surface area contributed by atoms with Crippen LogP contribution < -0.4 is 5.32 Å². The molecule has 1 N–H and O–H groups in total. The number of aliphatic imine (C=N–C) groups is 1. The van der Waals surface area contributed by atoms with Gasteiger partial charge < -0.3 is 5.32 Å². The van der Waals surface area contributed by atoms with E-state index in [2.05, 4.69) is 36.5 Å². The molecule has 0 radical (unpaired) electrons. The number of nitrogens with one attached hydrogen (secondary N) is 1. The van der Waals surface area contributed by atoms with E-state index in [1.807, 2.05) is 0 Å². The van der Waals surface area contributed by atoms with Crippen molar-refractivity contribution in [2.45, 2.75) is 51.5 Å². The first kappa shape index (κ1) is 11.8. The molecule has 1 heterocycles. The summed E-state index contributed by atoms with van der Waals surface area (Å²) in [6, 6.07) is 9.11. The lowest BCUT2D eigenvalue weighted by atomic mass is 9.84. The number of benzene rings is 1. The molecule has 3 rings (SSSR count). The Labute approximate surface area is 110 Å². The third-order valence-corrected chi connectivity index (χ3v) is 4.40. The monoisotopic (exact) mass is 242 g/mol. The van der Waals surface area contributed by atoms with E-state index in [9.17, 15) is 0 Å². The summed E-state index contributed by atoms with van der Waals surface area (Å²) in [5.41, 5.74) is 2.52. The summed E-state index contributed by atoms with van der Waals surface area (Å²) in [5.74, 6) is 2.14. The average molecular weight is 242 g/mol. The summed E-state index contributed by atoms with van der Waals surface area (Å²) in [7, 11) is 0. The zero-order valence-corrected chi connectivity index (χ0v) is 11.2. The Morgan fingerprint density at radius 1 is 1.17 bits per heavy atom. The first-order chi connectivity index (χ1) is 8.85. The fraction of sp³-hybridized carbons (Fsp3) is 0.562. The zero-order chi connectivity index (χ0) is 12.4. The van der Waals surface area contributed by atoms with E-state index < -0.39 is 0 Å². The van der Waals surface area contributed by atoms with Gasteiger partial charge in [-0.3, -0.25) is 0 Å². The zero-order valence-electron chi connectivity index (χ0n) is 11.2. The molecule has 2 heteroatoms. The van der Waals surface area contributed by atoms with Gasteiger partial charge in [0.05, 0.1) is 5.69 Å². The fourth-order valence-corrected chi connectivity index (χ4v) is 3.17. The molecule has 1 fully saturated rings.